The first-order chi connectivity index (χ1) is 15.4. The molecule has 162 valence electrons. The lowest BCUT2D eigenvalue weighted by Crippen LogP contribution is -2.24. The zero-order chi connectivity index (χ0) is 22.9. The van der Waals surface area contributed by atoms with Gasteiger partial charge in [-0.15, -0.1) is 0 Å². The van der Waals surface area contributed by atoms with Crippen molar-refractivity contribution in [2.75, 3.05) is 6.61 Å². The molecule has 32 heavy (non-hydrogen) atoms. The quantitative estimate of drug-likeness (QED) is 0.190. The number of hydrazone groups is 1. The van der Waals surface area contributed by atoms with E-state index in [0.29, 0.717) is 22.4 Å². The van der Waals surface area contributed by atoms with Gasteiger partial charge >= 0.3 is 11.7 Å². The van der Waals surface area contributed by atoms with Crippen molar-refractivity contribution in [2.24, 2.45) is 5.10 Å². The lowest BCUT2D eigenvalue weighted by Gasteiger charge is -2.06. The van der Waals surface area contributed by atoms with Crippen molar-refractivity contribution in [3.63, 3.8) is 0 Å². The van der Waals surface area contributed by atoms with Gasteiger partial charge in [0.25, 0.3) is 5.91 Å². The summed E-state index contributed by atoms with van der Waals surface area (Å²) in [5.41, 5.74) is 3.77. The number of rotatable bonds is 8. The molecule has 0 heterocycles. The van der Waals surface area contributed by atoms with Gasteiger partial charge in [-0.25, -0.2) is 10.2 Å². The van der Waals surface area contributed by atoms with E-state index in [-0.39, 0.29) is 11.4 Å². The number of amides is 1. The monoisotopic (exact) mass is 433 g/mol. The highest BCUT2D eigenvalue weighted by Crippen LogP contribution is 2.27. The van der Waals surface area contributed by atoms with E-state index in [1.165, 1.54) is 18.3 Å². The number of carbonyl (C=O) groups is 2. The predicted molar refractivity (Wildman–Crippen MR) is 117 cm³/mol. The average molecular weight is 433 g/mol. The van der Waals surface area contributed by atoms with Crippen molar-refractivity contribution in [3.05, 3.63) is 99.6 Å². The SMILES string of the molecule is Cc1ccc(OCC(=O)N/N=C\c2cccc(OC(=O)c3ccccc3)c2)c([N+](=O)[O-])c1. The molecule has 3 aromatic rings. The van der Waals surface area contributed by atoms with Gasteiger partial charge in [-0.05, 0) is 48.4 Å². The second-order valence-corrected chi connectivity index (χ2v) is 6.64. The largest absolute Gasteiger partial charge is 0.477 e. The summed E-state index contributed by atoms with van der Waals surface area (Å²) >= 11 is 0. The number of ether oxygens (including phenoxy) is 2. The van der Waals surface area contributed by atoms with Crippen LogP contribution in [0.25, 0.3) is 0 Å². The first-order valence-electron chi connectivity index (χ1n) is 9.49. The molecule has 0 aliphatic heterocycles. The zero-order valence-corrected chi connectivity index (χ0v) is 17.1. The highest BCUT2D eigenvalue weighted by atomic mass is 16.6. The fraction of sp³-hybridized carbons (Fsp3) is 0.0870. The van der Waals surface area contributed by atoms with Crippen LogP contribution in [0, 0.1) is 17.0 Å². The number of aryl methyl sites for hydroxylation is 1. The Bertz CT molecular complexity index is 1160. The molecule has 1 amide bonds. The van der Waals surface area contributed by atoms with Crippen LogP contribution in [-0.4, -0.2) is 29.6 Å². The maximum atomic E-state index is 12.1. The molecule has 3 rings (SSSR count). The number of nitrogens with one attached hydrogen (secondary N) is 1. The molecule has 0 aromatic heterocycles. The lowest BCUT2D eigenvalue weighted by molar-refractivity contribution is -0.385. The molecule has 0 aliphatic carbocycles. The van der Waals surface area contributed by atoms with Gasteiger partial charge in [-0.1, -0.05) is 36.4 Å². The van der Waals surface area contributed by atoms with Crippen LogP contribution in [0.2, 0.25) is 0 Å². The van der Waals surface area contributed by atoms with Crippen molar-refractivity contribution in [2.45, 2.75) is 6.92 Å². The molecule has 0 aliphatic rings. The molecule has 0 spiro atoms. The Labute approximate surface area is 183 Å². The van der Waals surface area contributed by atoms with Gasteiger partial charge in [0.05, 0.1) is 16.7 Å². The molecule has 3 aromatic carbocycles. The molecule has 9 nitrogen and oxygen atoms in total. The Morgan fingerprint density at radius 3 is 2.59 bits per heavy atom. The van der Waals surface area contributed by atoms with Gasteiger partial charge < -0.3 is 9.47 Å². The molecule has 9 heteroatoms. The number of hydrogen-bond acceptors (Lipinski definition) is 7. The van der Waals surface area contributed by atoms with Crippen molar-refractivity contribution in [3.8, 4) is 11.5 Å². The van der Waals surface area contributed by atoms with Gasteiger partial charge in [-0.2, -0.15) is 5.10 Å². The van der Waals surface area contributed by atoms with E-state index >= 15 is 0 Å². The van der Waals surface area contributed by atoms with Crippen LogP contribution in [0.1, 0.15) is 21.5 Å². The summed E-state index contributed by atoms with van der Waals surface area (Å²) in [6, 6.07) is 19.6. The van der Waals surface area contributed by atoms with Crippen LogP contribution in [-0.2, 0) is 4.79 Å². The van der Waals surface area contributed by atoms with Gasteiger partial charge in [0.15, 0.2) is 12.4 Å². The number of nitro benzene ring substituents is 1. The number of nitro groups is 1. The Morgan fingerprint density at radius 1 is 1.06 bits per heavy atom. The second-order valence-electron chi connectivity index (χ2n) is 6.64. The number of nitrogens with zero attached hydrogens (tertiary/aromatic N) is 2. The maximum absolute atomic E-state index is 12.1. The standard InChI is InChI=1S/C23H19N3O6/c1-16-10-11-21(20(12-16)26(29)30)31-15-22(27)25-24-14-17-6-5-9-19(13-17)32-23(28)18-7-3-2-4-8-18/h2-14H,15H2,1H3,(H,25,27)/b24-14-. The normalized spacial score (nSPS) is 10.5. The van der Waals surface area contributed by atoms with E-state index in [0.717, 1.165) is 0 Å². The molecular weight excluding hydrogens is 414 g/mol. The van der Waals surface area contributed by atoms with E-state index in [1.807, 2.05) is 0 Å². The van der Waals surface area contributed by atoms with Gasteiger partial charge in [0.2, 0.25) is 0 Å². The molecule has 0 saturated heterocycles. The number of carbonyl (C=O) groups excluding carboxylic acids is 2. The first kappa shape index (κ1) is 22.2. The van der Waals surface area contributed by atoms with E-state index in [4.69, 9.17) is 9.47 Å². The molecule has 0 bridgehead atoms. The smallest absolute Gasteiger partial charge is 0.343 e. The number of benzene rings is 3. The fourth-order valence-electron chi connectivity index (χ4n) is 2.65. The summed E-state index contributed by atoms with van der Waals surface area (Å²) in [4.78, 5) is 34.6. The Kier molecular flexibility index (Phi) is 7.26. The molecular formula is C23H19N3O6. The topological polar surface area (TPSA) is 120 Å². The van der Waals surface area contributed by atoms with Crippen LogP contribution in [0.5, 0.6) is 11.5 Å². The third kappa shape index (κ3) is 6.23. The molecule has 0 radical (unpaired) electrons. The summed E-state index contributed by atoms with van der Waals surface area (Å²) in [5, 5.41) is 14.9. The van der Waals surface area contributed by atoms with Crippen LogP contribution in [0.15, 0.2) is 77.9 Å². The van der Waals surface area contributed by atoms with Crippen molar-refractivity contribution < 1.29 is 24.0 Å². The summed E-state index contributed by atoms with van der Waals surface area (Å²) in [5.74, 6) is -0.769. The minimum absolute atomic E-state index is 0.00679. The maximum Gasteiger partial charge on any atom is 0.343 e. The van der Waals surface area contributed by atoms with Crippen LogP contribution in [0.4, 0.5) is 5.69 Å². The lowest BCUT2D eigenvalue weighted by atomic mass is 10.2. The van der Waals surface area contributed by atoms with E-state index in [1.54, 1.807) is 67.6 Å². The van der Waals surface area contributed by atoms with Gasteiger partial charge in [0, 0.05) is 6.07 Å². The zero-order valence-electron chi connectivity index (χ0n) is 17.1. The first-order valence-corrected chi connectivity index (χ1v) is 9.49. The van der Waals surface area contributed by atoms with Gasteiger partial charge in [-0.3, -0.25) is 14.9 Å². The van der Waals surface area contributed by atoms with Crippen molar-refractivity contribution in [1.29, 1.82) is 0 Å². The molecule has 0 unspecified atom stereocenters. The van der Waals surface area contributed by atoms with E-state index in [2.05, 4.69) is 10.5 Å². The highest BCUT2D eigenvalue weighted by Gasteiger charge is 2.16. The van der Waals surface area contributed by atoms with Gasteiger partial charge in [0.1, 0.15) is 5.75 Å². The number of esters is 1. The fourth-order valence-corrected chi connectivity index (χ4v) is 2.65. The van der Waals surface area contributed by atoms with Crippen LogP contribution >= 0.6 is 0 Å². The summed E-state index contributed by atoms with van der Waals surface area (Å²) < 4.78 is 10.6. The Morgan fingerprint density at radius 2 is 1.84 bits per heavy atom. The minimum Gasteiger partial charge on any atom is -0.477 e. The van der Waals surface area contributed by atoms with Crippen molar-refractivity contribution >= 4 is 23.8 Å². The van der Waals surface area contributed by atoms with E-state index < -0.39 is 23.4 Å². The Balaban J connectivity index is 1.54. The third-order valence-corrected chi connectivity index (χ3v) is 4.15. The number of hydrogen-bond donors (Lipinski definition) is 1. The molecule has 0 atom stereocenters. The third-order valence-electron chi connectivity index (χ3n) is 4.15. The molecule has 0 saturated carbocycles. The summed E-state index contributed by atoms with van der Waals surface area (Å²) in [6.07, 6.45) is 1.37. The molecule has 1 N–H and O–H groups in total. The average Bonchev–Trinajstić information content (AvgIpc) is 2.79. The van der Waals surface area contributed by atoms with Crippen LogP contribution in [0.3, 0.4) is 0 Å². The minimum atomic E-state index is -0.595. The van der Waals surface area contributed by atoms with Crippen molar-refractivity contribution in [1.82, 2.24) is 5.43 Å². The highest BCUT2D eigenvalue weighted by molar-refractivity contribution is 5.91. The summed E-state index contributed by atoms with van der Waals surface area (Å²) in [6.45, 7) is 1.27. The summed E-state index contributed by atoms with van der Waals surface area (Å²) in [7, 11) is 0. The Hall–Kier alpha value is -4.53. The second kappa shape index (κ2) is 10.5. The predicted octanol–water partition coefficient (Wildman–Crippen LogP) is 3.65. The van der Waals surface area contributed by atoms with E-state index in [9.17, 15) is 19.7 Å². The molecule has 0 fully saturated rings. The van der Waals surface area contributed by atoms with Crippen LogP contribution < -0.4 is 14.9 Å².